The lowest BCUT2D eigenvalue weighted by atomic mass is 9.80. The molecule has 9 nitrogen and oxygen atoms in total. The van der Waals surface area contributed by atoms with E-state index in [1.165, 1.54) is 13.8 Å². The van der Waals surface area contributed by atoms with Crippen molar-refractivity contribution in [3.8, 4) is 11.5 Å². The molecule has 0 saturated heterocycles. The molecule has 1 amide bonds. The van der Waals surface area contributed by atoms with Crippen molar-refractivity contribution >= 4 is 29.4 Å². The van der Waals surface area contributed by atoms with Crippen LogP contribution in [-0.2, 0) is 25.6 Å². The number of allylic oxidation sites excluding steroid dienone is 1. The fraction of sp³-hybridized carbons (Fsp3) is 0.308. The zero-order valence-corrected chi connectivity index (χ0v) is 19.6. The molecular formula is C26H28N2O7. The van der Waals surface area contributed by atoms with Crippen LogP contribution in [0.4, 0.5) is 0 Å². The number of benzene rings is 2. The van der Waals surface area contributed by atoms with E-state index in [-0.39, 0.29) is 42.7 Å². The minimum Gasteiger partial charge on any atom is -0.480 e. The van der Waals surface area contributed by atoms with Crippen LogP contribution >= 0.6 is 0 Å². The van der Waals surface area contributed by atoms with Crippen LogP contribution in [-0.4, -0.2) is 41.5 Å². The van der Waals surface area contributed by atoms with Crippen molar-refractivity contribution in [1.82, 2.24) is 5.32 Å². The minimum atomic E-state index is -1.16. The molecule has 9 heteroatoms. The zero-order chi connectivity index (χ0) is 25.5. The number of fused-ring (bicyclic) bond motifs is 1. The molecule has 0 radical (unpaired) electrons. The summed E-state index contributed by atoms with van der Waals surface area (Å²) in [5, 5.41) is 11.7. The summed E-state index contributed by atoms with van der Waals surface area (Å²) in [6, 6.07) is 11.9. The molecule has 0 fully saturated rings. The maximum absolute atomic E-state index is 12.4. The van der Waals surface area contributed by atoms with Gasteiger partial charge in [-0.15, -0.1) is 0 Å². The number of carboxylic acids is 1. The number of carbonyl (C=O) groups excluding carboxylic acids is 3. The summed E-state index contributed by atoms with van der Waals surface area (Å²) in [6.07, 6.45) is 2.53. The lowest BCUT2D eigenvalue weighted by Gasteiger charge is -2.27. The normalized spacial score (nSPS) is 15.3. The predicted octanol–water partition coefficient (Wildman–Crippen LogP) is 2.57. The highest BCUT2D eigenvalue weighted by molar-refractivity contribution is 5.84. The number of amides is 1. The number of hydrogen-bond donors (Lipinski definition) is 3. The first kappa shape index (κ1) is 25.6. The second-order valence-electron chi connectivity index (χ2n) is 8.28. The molecule has 0 aliphatic heterocycles. The van der Waals surface area contributed by atoms with Crippen LogP contribution in [0.25, 0.3) is 5.57 Å². The molecule has 2 atom stereocenters. The molecule has 3 rings (SSSR count). The quantitative estimate of drug-likeness (QED) is 0.367. The molecule has 0 aromatic heterocycles. The second-order valence-corrected chi connectivity index (χ2v) is 8.28. The first-order valence-corrected chi connectivity index (χ1v) is 11.2. The Morgan fingerprint density at radius 3 is 2.37 bits per heavy atom. The van der Waals surface area contributed by atoms with Gasteiger partial charge in [0.05, 0.1) is 0 Å². The molecule has 1 aliphatic carbocycles. The molecule has 0 heterocycles. The smallest absolute Gasteiger partial charge is 0.320 e. The van der Waals surface area contributed by atoms with E-state index >= 15 is 0 Å². The molecule has 2 unspecified atom stereocenters. The van der Waals surface area contributed by atoms with Crippen LogP contribution in [0.5, 0.6) is 11.5 Å². The van der Waals surface area contributed by atoms with Crippen molar-refractivity contribution in [2.45, 2.75) is 45.1 Å². The van der Waals surface area contributed by atoms with E-state index in [2.05, 4.69) is 5.32 Å². The highest BCUT2D eigenvalue weighted by atomic mass is 16.6. The van der Waals surface area contributed by atoms with Crippen LogP contribution in [0.15, 0.2) is 48.5 Å². The summed E-state index contributed by atoms with van der Waals surface area (Å²) in [6.45, 7) is 2.71. The van der Waals surface area contributed by atoms with E-state index < -0.39 is 23.9 Å². The maximum atomic E-state index is 12.4. The highest BCUT2D eigenvalue weighted by Gasteiger charge is 2.28. The number of nitrogens with two attached hydrogens (primary N) is 1. The Labute approximate surface area is 202 Å². The van der Waals surface area contributed by atoms with Crippen LogP contribution in [0, 0.1) is 0 Å². The Balaban J connectivity index is 1.95. The lowest BCUT2D eigenvalue weighted by molar-refractivity contribution is -0.139. The van der Waals surface area contributed by atoms with Crippen LogP contribution < -0.4 is 20.5 Å². The van der Waals surface area contributed by atoms with Gasteiger partial charge in [-0.3, -0.25) is 19.2 Å². The van der Waals surface area contributed by atoms with E-state index in [0.717, 1.165) is 16.7 Å². The molecule has 1 aliphatic rings. The first-order chi connectivity index (χ1) is 16.7. The third-order valence-corrected chi connectivity index (χ3v) is 5.60. The molecular weight excluding hydrogens is 452 g/mol. The van der Waals surface area contributed by atoms with E-state index in [4.69, 9.17) is 20.3 Å². The number of carbonyl (C=O) groups is 4. The van der Waals surface area contributed by atoms with E-state index in [0.29, 0.717) is 12.0 Å². The minimum absolute atomic E-state index is 0.0196. The number of aliphatic carboxylic acids is 1. The third-order valence-electron chi connectivity index (χ3n) is 5.60. The molecule has 0 bridgehead atoms. The number of hydrogen-bond acceptors (Lipinski definition) is 7. The fourth-order valence-electron chi connectivity index (χ4n) is 3.97. The van der Waals surface area contributed by atoms with E-state index in [1.807, 2.05) is 36.4 Å². The average Bonchev–Trinajstić information content (AvgIpc) is 2.82. The standard InChI is InChI=1S/C26H28N2O7/c1-15(29)34-23-10-8-20-19(14-28-24(31)11-9-22(27)26(32)33)12-18(17-6-4-3-5-7-17)13-21(20)25(23)35-16(2)30/h3-8,10,12,18,22H,9,11,13-14,27H2,1-2H3,(H,28,31)(H,32,33). The lowest BCUT2D eigenvalue weighted by Crippen LogP contribution is -2.33. The molecule has 2 aromatic rings. The van der Waals surface area contributed by atoms with Crippen molar-refractivity contribution in [2.24, 2.45) is 5.73 Å². The first-order valence-electron chi connectivity index (χ1n) is 11.2. The molecule has 4 N–H and O–H groups in total. The Hall–Kier alpha value is -3.98. The van der Waals surface area contributed by atoms with Crippen molar-refractivity contribution in [1.29, 1.82) is 0 Å². The van der Waals surface area contributed by atoms with Gasteiger partial charge in [0.25, 0.3) is 0 Å². The zero-order valence-electron chi connectivity index (χ0n) is 19.6. The number of nitrogens with one attached hydrogen (secondary N) is 1. The highest BCUT2D eigenvalue weighted by Crippen LogP contribution is 2.43. The number of ether oxygens (including phenoxy) is 2. The van der Waals surface area contributed by atoms with Gasteiger partial charge < -0.3 is 25.6 Å². The largest absolute Gasteiger partial charge is 0.480 e. The van der Waals surface area contributed by atoms with Crippen LogP contribution in [0.3, 0.4) is 0 Å². The van der Waals surface area contributed by atoms with Crippen LogP contribution in [0.2, 0.25) is 0 Å². The Morgan fingerprint density at radius 1 is 1.06 bits per heavy atom. The number of carboxylic acid groups (broad SMARTS) is 1. The third kappa shape index (κ3) is 6.77. The SMILES string of the molecule is CC(=O)Oc1ccc2c(c1OC(C)=O)CC(c1ccccc1)C=C2CNC(=O)CCC(N)C(=O)O. The average molecular weight is 481 g/mol. The monoisotopic (exact) mass is 480 g/mol. The van der Waals surface area contributed by atoms with Gasteiger partial charge in [-0.05, 0) is 35.6 Å². The Bertz CT molecular complexity index is 1160. The summed E-state index contributed by atoms with van der Waals surface area (Å²) in [4.78, 5) is 46.7. The molecule has 0 saturated carbocycles. The van der Waals surface area contributed by atoms with Gasteiger partial charge in [-0.1, -0.05) is 42.5 Å². The van der Waals surface area contributed by atoms with Crippen molar-refractivity contribution in [2.75, 3.05) is 6.54 Å². The van der Waals surface area contributed by atoms with E-state index in [1.54, 1.807) is 12.1 Å². The summed E-state index contributed by atoms with van der Waals surface area (Å²) in [5.74, 6) is -2.35. The molecule has 0 spiro atoms. The van der Waals surface area contributed by atoms with Gasteiger partial charge in [-0.2, -0.15) is 0 Å². The van der Waals surface area contributed by atoms with Gasteiger partial charge >= 0.3 is 17.9 Å². The topological polar surface area (TPSA) is 145 Å². The van der Waals surface area contributed by atoms with Crippen LogP contribution in [0.1, 0.15) is 49.3 Å². The molecule has 2 aromatic carbocycles. The van der Waals surface area contributed by atoms with Crippen molar-refractivity contribution < 1.29 is 33.8 Å². The Morgan fingerprint density at radius 2 is 1.74 bits per heavy atom. The van der Waals surface area contributed by atoms with Crippen molar-refractivity contribution in [3.05, 3.63) is 65.2 Å². The maximum Gasteiger partial charge on any atom is 0.320 e. The second kappa shape index (κ2) is 11.4. The number of rotatable bonds is 9. The van der Waals surface area contributed by atoms with Gasteiger partial charge in [0.1, 0.15) is 6.04 Å². The summed E-state index contributed by atoms with van der Waals surface area (Å²) in [7, 11) is 0. The van der Waals surface area contributed by atoms with Crippen molar-refractivity contribution in [3.63, 3.8) is 0 Å². The number of esters is 2. The molecule has 35 heavy (non-hydrogen) atoms. The van der Waals surface area contributed by atoms with Gasteiger partial charge in [0.2, 0.25) is 5.91 Å². The van der Waals surface area contributed by atoms with E-state index in [9.17, 15) is 19.2 Å². The van der Waals surface area contributed by atoms with Gasteiger partial charge in [0.15, 0.2) is 11.5 Å². The predicted molar refractivity (Wildman–Crippen MR) is 128 cm³/mol. The van der Waals surface area contributed by atoms with Gasteiger partial charge in [-0.25, -0.2) is 0 Å². The molecule has 184 valence electrons. The fourth-order valence-corrected chi connectivity index (χ4v) is 3.97. The summed E-state index contributed by atoms with van der Waals surface area (Å²) in [5.41, 5.74) is 8.75. The summed E-state index contributed by atoms with van der Waals surface area (Å²) >= 11 is 0. The van der Waals surface area contributed by atoms with Gasteiger partial charge in [0, 0.05) is 38.3 Å². The Kier molecular flexibility index (Phi) is 8.38. The summed E-state index contributed by atoms with van der Waals surface area (Å²) < 4.78 is 10.8.